The molecule has 200 valence electrons. The van der Waals surface area contributed by atoms with Crippen molar-refractivity contribution in [2.75, 3.05) is 0 Å². The number of aliphatic hydroxyl groups is 2. The Labute approximate surface area is 213 Å². The Morgan fingerprint density at radius 1 is 1.25 bits per heavy atom. The second kappa shape index (κ2) is 11.5. The van der Waals surface area contributed by atoms with Gasteiger partial charge in [0, 0.05) is 18.5 Å². The number of fused-ring (bicyclic) bond motifs is 1. The molecule has 7 nitrogen and oxygen atoms in total. The van der Waals surface area contributed by atoms with Crippen LogP contribution in [0.15, 0.2) is 30.2 Å². The Balaban J connectivity index is 1.87. The van der Waals surface area contributed by atoms with Gasteiger partial charge in [-0.15, -0.1) is 0 Å². The Morgan fingerprint density at radius 3 is 2.61 bits per heavy atom. The first-order chi connectivity index (χ1) is 16.9. The molecule has 0 aromatic carbocycles. The number of esters is 1. The number of carbonyl (C=O) groups excluding carboxylic acids is 2. The number of aromatic nitrogens is 1. The Kier molecular flexibility index (Phi) is 9.06. The van der Waals surface area contributed by atoms with E-state index in [0.717, 1.165) is 6.42 Å². The molecule has 0 bridgehead atoms. The van der Waals surface area contributed by atoms with Crippen LogP contribution in [0.1, 0.15) is 78.8 Å². The molecule has 2 fully saturated rings. The van der Waals surface area contributed by atoms with E-state index in [1.807, 2.05) is 20.8 Å². The van der Waals surface area contributed by atoms with Crippen LogP contribution in [-0.4, -0.2) is 57.0 Å². The summed E-state index contributed by atoms with van der Waals surface area (Å²) < 4.78 is 26.7. The highest BCUT2D eigenvalue weighted by molar-refractivity contribution is 5.88. The van der Waals surface area contributed by atoms with Crippen LogP contribution in [0, 0.1) is 17.3 Å². The lowest BCUT2D eigenvalue weighted by Crippen LogP contribution is -2.46. The van der Waals surface area contributed by atoms with Gasteiger partial charge in [-0.05, 0) is 50.3 Å². The van der Waals surface area contributed by atoms with E-state index in [0.29, 0.717) is 25.0 Å². The highest BCUT2D eigenvalue weighted by Gasteiger charge is 2.53. The quantitative estimate of drug-likeness (QED) is 0.463. The van der Waals surface area contributed by atoms with Crippen LogP contribution in [0.5, 0.6) is 0 Å². The van der Waals surface area contributed by atoms with Gasteiger partial charge >= 0.3 is 5.97 Å². The van der Waals surface area contributed by atoms with Gasteiger partial charge in [0.25, 0.3) is 0 Å². The average Bonchev–Trinajstić information content (AvgIpc) is 3.47. The summed E-state index contributed by atoms with van der Waals surface area (Å²) in [5, 5.41) is 21.8. The Morgan fingerprint density at radius 2 is 1.97 bits per heavy atom. The van der Waals surface area contributed by atoms with E-state index in [1.54, 1.807) is 38.2 Å². The topological polar surface area (TPSA) is 109 Å². The van der Waals surface area contributed by atoms with Crippen molar-refractivity contribution in [2.45, 2.75) is 103 Å². The van der Waals surface area contributed by atoms with Crippen LogP contribution in [0.3, 0.4) is 0 Å². The molecule has 2 N–H and O–H groups in total. The van der Waals surface area contributed by atoms with E-state index in [2.05, 4.69) is 4.98 Å². The SMILES string of the molecule is CCC1C(=O)C(C)(C)C(O)CC(=O)O[C@H](C(F)=Cc2ccccn2)C[C@@H]2OC2(C)CCCC(C)[C@@H]1O. The summed E-state index contributed by atoms with van der Waals surface area (Å²) >= 11 is 0. The van der Waals surface area contributed by atoms with Crippen molar-refractivity contribution in [2.24, 2.45) is 17.3 Å². The number of epoxide rings is 1. The molecule has 4 unspecified atom stereocenters. The summed E-state index contributed by atoms with van der Waals surface area (Å²) in [6.07, 6.45) is 1.31. The molecule has 1 aromatic rings. The molecular formula is C28H40FNO6. The highest BCUT2D eigenvalue weighted by atomic mass is 19.1. The number of cyclic esters (lactones) is 1. The van der Waals surface area contributed by atoms with Crippen molar-refractivity contribution < 1.29 is 33.7 Å². The molecule has 2 saturated heterocycles. The molecule has 3 heterocycles. The van der Waals surface area contributed by atoms with Gasteiger partial charge in [0.05, 0.1) is 41.4 Å². The summed E-state index contributed by atoms with van der Waals surface area (Å²) in [7, 11) is 0. The smallest absolute Gasteiger partial charge is 0.309 e. The van der Waals surface area contributed by atoms with E-state index < -0.39 is 53.5 Å². The standard InChI is InChI=1S/C28H40FNO6/c1-6-19-25(33)17(2)10-9-12-28(5)23(36-28)15-21(20(29)14-18-11-7-8-13-30-18)35-24(32)16-22(31)27(3,4)26(19)34/h7-8,11,13-14,17,19,21-23,25,31,33H,6,9-10,12,15-16H2,1-5H3/t17?,19?,21-,22?,23-,25-,28?/m0/s1. The van der Waals surface area contributed by atoms with Gasteiger partial charge in [-0.25, -0.2) is 4.39 Å². The van der Waals surface area contributed by atoms with E-state index >= 15 is 4.39 Å². The zero-order valence-corrected chi connectivity index (χ0v) is 21.9. The maximum atomic E-state index is 15.3. The summed E-state index contributed by atoms with van der Waals surface area (Å²) in [6.45, 7) is 8.84. The minimum atomic E-state index is -1.35. The molecule has 0 spiro atoms. The van der Waals surface area contributed by atoms with Gasteiger partial charge in [0.15, 0.2) is 6.10 Å². The van der Waals surface area contributed by atoms with E-state index in [4.69, 9.17) is 9.47 Å². The van der Waals surface area contributed by atoms with Crippen molar-refractivity contribution >= 4 is 17.8 Å². The monoisotopic (exact) mass is 505 g/mol. The first-order valence-electron chi connectivity index (χ1n) is 12.9. The fourth-order valence-corrected chi connectivity index (χ4v) is 5.10. The molecule has 3 rings (SSSR count). The predicted octanol–water partition coefficient (Wildman–Crippen LogP) is 4.40. The first-order valence-corrected chi connectivity index (χ1v) is 12.9. The lowest BCUT2D eigenvalue weighted by Gasteiger charge is -2.35. The molecule has 0 aliphatic carbocycles. The van der Waals surface area contributed by atoms with Crippen molar-refractivity contribution in [1.29, 1.82) is 0 Å². The largest absolute Gasteiger partial charge is 0.455 e. The van der Waals surface area contributed by atoms with Gasteiger partial charge in [-0.2, -0.15) is 0 Å². The third-order valence-corrected chi connectivity index (χ3v) is 7.95. The molecule has 1 aromatic heterocycles. The lowest BCUT2D eigenvalue weighted by molar-refractivity contribution is -0.155. The zero-order valence-electron chi connectivity index (χ0n) is 21.9. The van der Waals surface area contributed by atoms with Crippen LogP contribution in [0.2, 0.25) is 0 Å². The normalized spacial score (nSPS) is 36.6. The van der Waals surface area contributed by atoms with Crippen LogP contribution >= 0.6 is 0 Å². The third kappa shape index (κ3) is 6.58. The Hall–Kier alpha value is -2.16. The minimum Gasteiger partial charge on any atom is -0.455 e. The average molecular weight is 506 g/mol. The highest BCUT2D eigenvalue weighted by Crippen LogP contribution is 2.45. The second-order valence-electron chi connectivity index (χ2n) is 11.1. The van der Waals surface area contributed by atoms with Crippen LogP contribution in [0.25, 0.3) is 6.08 Å². The number of ether oxygens (including phenoxy) is 2. The van der Waals surface area contributed by atoms with Gasteiger partial charge in [-0.3, -0.25) is 14.6 Å². The fraction of sp³-hybridized carbons (Fsp3) is 0.679. The number of carbonyl (C=O) groups is 2. The van der Waals surface area contributed by atoms with Crippen molar-refractivity contribution in [3.63, 3.8) is 0 Å². The van der Waals surface area contributed by atoms with Crippen molar-refractivity contribution in [1.82, 2.24) is 4.98 Å². The van der Waals surface area contributed by atoms with Gasteiger partial charge in [0.2, 0.25) is 0 Å². The summed E-state index contributed by atoms with van der Waals surface area (Å²) in [6, 6.07) is 5.10. The fourth-order valence-electron chi connectivity index (χ4n) is 5.10. The molecule has 2 aliphatic rings. The number of ketones is 1. The number of rotatable bonds is 3. The zero-order chi connectivity index (χ0) is 26.7. The number of halogens is 1. The number of pyridine rings is 1. The van der Waals surface area contributed by atoms with Crippen molar-refractivity contribution in [3.8, 4) is 0 Å². The van der Waals surface area contributed by atoms with E-state index in [-0.39, 0.29) is 24.2 Å². The maximum Gasteiger partial charge on any atom is 0.309 e. The van der Waals surface area contributed by atoms with Crippen LogP contribution in [0.4, 0.5) is 4.39 Å². The number of nitrogens with zero attached hydrogens (tertiary/aromatic N) is 1. The van der Waals surface area contributed by atoms with Crippen molar-refractivity contribution in [3.05, 3.63) is 35.9 Å². The van der Waals surface area contributed by atoms with Gasteiger partial charge in [-0.1, -0.05) is 40.2 Å². The van der Waals surface area contributed by atoms with Crippen LogP contribution in [-0.2, 0) is 19.1 Å². The van der Waals surface area contributed by atoms with E-state index in [9.17, 15) is 19.8 Å². The first kappa shape index (κ1) is 28.4. The molecule has 8 heteroatoms. The van der Waals surface area contributed by atoms with Crippen LogP contribution < -0.4 is 0 Å². The number of hydrogen-bond acceptors (Lipinski definition) is 7. The predicted molar refractivity (Wildman–Crippen MR) is 133 cm³/mol. The number of hydrogen-bond donors (Lipinski definition) is 2. The molecule has 0 radical (unpaired) electrons. The number of aliphatic hydroxyl groups excluding tert-OH is 2. The molecule has 0 saturated carbocycles. The summed E-state index contributed by atoms with van der Waals surface area (Å²) in [5.41, 5.74) is -1.38. The van der Waals surface area contributed by atoms with E-state index in [1.165, 1.54) is 6.08 Å². The Bertz CT molecular complexity index is 951. The second-order valence-corrected chi connectivity index (χ2v) is 11.1. The third-order valence-electron chi connectivity index (χ3n) is 7.95. The maximum absolute atomic E-state index is 15.3. The summed E-state index contributed by atoms with van der Waals surface area (Å²) in [4.78, 5) is 30.3. The lowest BCUT2D eigenvalue weighted by atomic mass is 9.71. The molecule has 36 heavy (non-hydrogen) atoms. The number of Topliss-reactive ketones (excluding diaryl/α,β-unsaturated/α-hetero) is 1. The minimum absolute atomic E-state index is 0.128. The molecule has 0 amide bonds. The molecular weight excluding hydrogens is 465 g/mol. The summed E-state index contributed by atoms with van der Waals surface area (Å²) in [5.74, 6) is -2.56. The van der Waals surface area contributed by atoms with Gasteiger partial charge < -0.3 is 19.7 Å². The molecule has 2 aliphatic heterocycles. The van der Waals surface area contributed by atoms with Gasteiger partial charge in [0.1, 0.15) is 11.6 Å². The molecule has 7 atom stereocenters.